The van der Waals surface area contributed by atoms with Crippen LogP contribution in [0.4, 0.5) is 0 Å². The second-order valence-corrected chi connectivity index (χ2v) is 7.16. The first-order chi connectivity index (χ1) is 12.1. The van der Waals surface area contributed by atoms with E-state index in [0.29, 0.717) is 18.7 Å². The van der Waals surface area contributed by atoms with Gasteiger partial charge >= 0.3 is 0 Å². The summed E-state index contributed by atoms with van der Waals surface area (Å²) in [6, 6.07) is 3.04. The molecule has 136 valence electrons. The van der Waals surface area contributed by atoms with Crippen molar-refractivity contribution in [1.29, 1.82) is 0 Å². The van der Waals surface area contributed by atoms with Crippen LogP contribution in [0.25, 0.3) is 0 Å². The van der Waals surface area contributed by atoms with E-state index in [2.05, 4.69) is 0 Å². The third-order valence-corrected chi connectivity index (χ3v) is 5.26. The summed E-state index contributed by atoms with van der Waals surface area (Å²) in [6.45, 7) is 0.692. The van der Waals surface area contributed by atoms with Crippen LogP contribution in [0, 0.1) is 0 Å². The van der Waals surface area contributed by atoms with Crippen LogP contribution in [-0.4, -0.2) is 82.4 Å². The predicted octanol–water partition coefficient (Wildman–Crippen LogP) is 0.217. The third kappa shape index (κ3) is 3.38. The van der Waals surface area contributed by atoms with E-state index in [1.54, 1.807) is 45.9 Å². The van der Waals surface area contributed by atoms with Gasteiger partial charge in [-0.05, 0) is 30.6 Å². The van der Waals surface area contributed by atoms with Crippen LogP contribution in [0.3, 0.4) is 0 Å². The van der Waals surface area contributed by atoms with Crippen LogP contribution >= 0.6 is 11.8 Å². The Balaban J connectivity index is 1.89. The lowest BCUT2D eigenvalue weighted by molar-refractivity contribution is -0.197. The number of piperazine rings is 1. The molecule has 3 rings (SSSR count). The smallest absolute Gasteiger partial charge is 0.246 e. The largest absolute Gasteiger partial charge is 0.467 e. The van der Waals surface area contributed by atoms with Crippen LogP contribution in [0.15, 0.2) is 22.8 Å². The molecule has 1 unspecified atom stereocenters. The van der Waals surface area contributed by atoms with Crippen molar-refractivity contribution >= 4 is 30.0 Å². The molecule has 3 heterocycles. The van der Waals surface area contributed by atoms with Crippen molar-refractivity contribution in [2.75, 3.05) is 32.1 Å². The Morgan fingerprint density at radius 2 is 2.20 bits per heavy atom. The van der Waals surface area contributed by atoms with Gasteiger partial charge in [0.1, 0.15) is 18.0 Å². The molecule has 2 saturated heterocycles. The van der Waals surface area contributed by atoms with Gasteiger partial charge in [0.05, 0.1) is 25.9 Å². The quantitative estimate of drug-likeness (QED) is 0.670. The van der Waals surface area contributed by atoms with E-state index in [1.165, 1.54) is 5.01 Å². The SMILES string of the molecule is CSCC[C@H]1C(=O)N(Cc2ccco2)CC2N1C(=O)CN(C)N2C=O. The number of likely N-dealkylation sites (N-methyl/N-ethyl adjacent to an activating group) is 1. The van der Waals surface area contributed by atoms with E-state index in [-0.39, 0.29) is 24.9 Å². The molecule has 0 N–H and O–H groups in total. The third-order valence-electron chi connectivity index (χ3n) is 4.62. The standard InChI is InChI=1S/C16H22N4O4S/c1-17-10-15(22)20-13(5-7-25-2)16(23)18(8-12-4-3-6-24-12)9-14(20)19(17)11-21/h3-4,6,11,13-14H,5,7-10H2,1-2H3/t13-,14?/m0/s1. The van der Waals surface area contributed by atoms with Crippen molar-refractivity contribution in [1.82, 2.24) is 19.8 Å². The fourth-order valence-corrected chi connectivity index (χ4v) is 3.89. The second kappa shape index (κ2) is 7.49. The van der Waals surface area contributed by atoms with Crippen LogP contribution in [0.2, 0.25) is 0 Å². The Hall–Kier alpha value is -2.00. The first-order valence-corrected chi connectivity index (χ1v) is 9.52. The van der Waals surface area contributed by atoms with Gasteiger partial charge in [0.15, 0.2) is 0 Å². The summed E-state index contributed by atoms with van der Waals surface area (Å²) in [7, 11) is 1.70. The van der Waals surface area contributed by atoms with Gasteiger partial charge in [-0.2, -0.15) is 11.8 Å². The molecular weight excluding hydrogens is 344 g/mol. The molecule has 0 radical (unpaired) electrons. The molecule has 2 aliphatic heterocycles. The van der Waals surface area contributed by atoms with E-state index in [0.717, 1.165) is 12.2 Å². The molecule has 2 atom stereocenters. The molecule has 0 bridgehead atoms. The van der Waals surface area contributed by atoms with Gasteiger partial charge in [-0.1, -0.05) is 0 Å². The molecule has 0 spiro atoms. The van der Waals surface area contributed by atoms with Crippen LogP contribution in [-0.2, 0) is 20.9 Å². The second-order valence-electron chi connectivity index (χ2n) is 6.18. The first-order valence-electron chi connectivity index (χ1n) is 8.12. The molecule has 0 aromatic carbocycles. The molecule has 2 aliphatic rings. The Morgan fingerprint density at radius 3 is 2.84 bits per heavy atom. The van der Waals surface area contributed by atoms with E-state index < -0.39 is 12.2 Å². The average molecular weight is 366 g/mol. The van der Waals surface area contributed by atoms with Crippen molar-refractivity contribution in [3.8, 4) is 0 Å². The lowest BCUT2D eigenvalue weighted by Crippen LogP contribution is -2.74. The summed E-state index contributed by atoms with van der Waals surface area (Å²) in [4.78, 5) is 40.4. The topological polar surface area (TPSA) is 77.3 Å². The number of carbonyl (C=O) groups is 3. The fourth-order valence-electron chi connectivity index (χ4n) is 3.43. The van der Waals surface area contributed by atoms with Gasteiger partial charge in [-0.25, -0.2) is 5.01 Å². The molecule has 0 aliphatic carbocycles. The van der Waals surface area contributed by atoms with Gasteiger partial charge in [0.2, 0.25) is 18.2 Å². The summed E-state index contributed by atoms with van der Waals surface area (Å²) in [5.74, 6) is 1.23. The number of carbonyl (C=O) groups excluding carboxylic acids is 3. The zero-order chi connectivity index (χ0) is 18.0. The maximum absolute atomic E-state index is 13.0. The molecule has 3 amide bonds. The highest BCUT2D eigenvalue weighted by molar-refractivity contribution is 7.98. The van der Waals surface area contributed by atoms with Gasteiger partial charge in [0.25, 0.3) is 0 Å². The highest BCUT2D eigenvalue weighted by Gasteiger charge is 2.48. The number of rotatable bonds is 6. The van der Waals surface area contributed by atoms with Gasteiger partial charge in [-0.3, -0.25) is 19.4 Å². The summed E-state index contributed by atoms with van der Waals surface area (Å²) < 4.78 is 5.36. The summed E-state index contributed by atoms with van der Waals surface area (Å²) in [5, 5.41) is 3.10. The molecule has 25 heavy (non-hydrogen) atoms. The highest BCUT2D eigenvalue weighted by atomic mass is 32.2. The fraction of sp³-hybridized carbons (Fsp3) is 0.562. The van der Waals surface area contributed by atoms with Crippen molar-refractivity contribution < 1.29 is 18.8 Å². The number of fused-ring (bicyclic) bond motifs is 1. The molecule has 1 aromatic rings. The lowest BCUT2D eigenvalue weighted by atomic mass is 10.0. The van der Waals surface area contributed by atoms with Crippen molar-refractivity contribution in [3.05, 3.63) is 24.2 Å². The summed E-state index contributed by atoms with van der Waals surface area (Å²) in [6.07, 6.45) is 4.33. The van der Waals surface area contributed by atoms with E-state index in [4.69, 9.17) is 4.42 Å². The molecule has 8 nitrogen and oxygen atoms in total. The number of amides is 3. The molecule has 1 aromatic heterocycles. The minimum Gasteiger partial charge on any atom is -0.467 e. The maximum Gasteiger partial charge on any atom is 0.246 e. The van der Waals surface area contributed by atoms with Crippen LogP contribution in [0.1, 0.15) is 12.2 Å². The van der Waals surface area contributed by atoms with Gasteiger partial charge in [-0.15, -0.1) is 0 Å². The summed E-state index contributed by atoms with van der Waals surface area (Å²) >= 11 is 1.63. The Kier molecular flexibility index (Phi) is 5.33. The molecule has 9 heteroatoms. The summed E-state index contributed by atoms with van der Waals surface area (Å²) in [5.41, 5.74) is 0. The minimum absolute atomic E-state index is 0.0922. The predicted molar refractivity (Wildman–Crippen MR) is 92.1 cm³/mol. The lowest BCUT2D eigenvalue weighted by Gasteiger charge is -2.53. The van der Waals surface area contributed by atoms with Crippen molar-refractivity contribution in [3.63, 3.8) is 0 Å². The maximum atomic E-state index is 13.0. The average Bonchev–Trinajstić information content (AvgIpc) is 3.08. The number of thioether (sulfide) groups is 1. The zero-order valence-electron chi connectivity index (χ0n) is 14.3. The Morgan fingerprint density at radius 1 is 1.40 bits per heavy atom. The van der Waals surface area contributed by atoms with Gasteiger partial charge < -0.3 is 14.2 Å². The monoisotopic (exact) mass is 366 g/mol. The van der Waals surface area contributed by atoms with E-state index in [1.807, 2.05) is 12.3 Å². The number of hydrazine groups is 1. The van der Waals surface area contributed by atoms with Crippen molar-refractivity contribution in [2.45, 2.75) is 25.2 Å². The number of hydrogen-bond donors (Lipinski definition) is 0. The van der Waals surface area contributed by atoms with Gasteiger partial charge in [0, 0.05) is 7.05 Å². The van der Waals surface area contributed by atoms with Crippen LogP contribution < -0.4 is 0 Å². The van der Waals surface area contributed by atoms with E-state index >= 15 is 0 Å². The van der Waals surface area contributed by atoms with Crippen LogP contribution in [0.5, 0.6) is 0 Å². The first kappa shape index (κ1) is 17.8. The number of furan rings is 1. The normalized spacial score (nSPS) is 24.6. The Bertz CT molecular complexity index is 638. The van der Waals surface area contributed by atoms with Crippen molar-refractivity contribution in [2.24, 2.45) is 0 Å². The Labute approximate surface area is 150 Å². The number of nitrogens with zero attached hydrogens (tertiary/aromatic N) is 4. The molecular formula is C16H22N4O4S. The minimum atomic E-state index is -0.551. The molecule has 2 fully saturated rings. The zero-order valence-corrected chi connectivity index (χ0v) is 15.1. The van der Waals surface area contributed by atoms with E-state index in [9.17, 15) is 14.4 Å². The molecule has 0 saturated carbocycles. The highest BCUT2D eigenvalue weighted by Crippen LogP contribution is 2.27. The number of hydrogen-bond acceptors (Lipinski definition) is 6.